The fraction of sp³-hybridized carbons (Fsp3) is 0.345. The maximum atomic E-state index is 12.5. The average molecular weight is 489 g/mol. The molecular weight excluding hydrogens is 456 g/mol. The van der Waals surface area contributed by atoms with Gasteiger partial charge >= 0.3 is 0 Å². The number of anilines is 1. The molecule has 2 heterocycles. The summed E-state index contributed by atoms with van der Waals surface area (Å²) in [6.45, 7) is 4.13. The first-order valence-electron chi connectivity index (χ1n) is 12.4. The van der Waals surface area contributed by atoms with Gasteiger partial charge in [0.1, 0.15) is 0 Å². The van der Waals surface area contributed by atoms with E-state index in [0.717, 1.165) is 56.0 Å². The fourth-order valence-electron chi connectivity index (χ4n) is 4.62. The second kappa shape index (κ2) is 11.8. The number of carbonyl (C=O) groups excluding carboxylic acids is 1. The highest BCUT2D eigenvalue weighted by Crippen LogP contribution is 2.38. The first-order valence-corrected chi connectivity index (χ1v) is 12.4. The van der Waals surface area contributed by atoms with Crippen molar-refractivity contribution < 1.29 is 24.1 Å². The van der Waals surface area contributed by atoms with Crippen LogP contribution in [0.4, 0.5) is 5.69 Å². The number of nitrogens with one attached hydrogen (secondary N) is 1. The predicted molar refractivity (Wildman–Crippen MR) is 137 cm³/mol. The van der Waals surface area contributed by atoms with Crippen molar-refractivity contribution >= 4 is 11.6 Å². The van der Waals surface area contributed by atoms with Crippen LogP contribution in [0.2, 0.25) is 0 Å². The van der Waals surface area contributed by atoms with Gasteiger partial charge in [-0.3, -0.25) is 9.69 Å². The Morgan fingerprint density at radius 1 is 0.889 bits per heavy atom. The van der Waals surface area contributed by atoms with Crippen LogP contribution in [0.5, 0.6) is 0 Å². The normalized spacial score (nSPS) is 22.8. The van der Waals surface area contributed by atoms with Gasteiger partial charge in [0.25, 0.3) is 5.91 Å². The highest BCUT2D eigenvalue weighted by molar-refractivity contribution is 6.04. The average Bonchev–Trinajstić information content (AvgIpc) is 2.94. The van der Waals surface area contributed by atoms with Gasteiger partial charge in [0, 0.05) is 42.9 Å². The van der Waals surface area contributed by atoms with Crippen molar-refractivity contribution in [1.82, 2.24) is 4.90 Å². The molecule has 3 atom stereocenters. The molecule has 2 aliphatic rings. The third kappa shape index (κ3) is 6.19. The van der Waals surface area contributed by atoms with Gasteiger partial charge in [0.2, 0.25) is 0 Å². The summed E-state index contributed by atoms with van der Waals surface area (Å²) >= 11 is 0. The van der Waals surface area contributed by atoms with Gasteiger partial charge in [0.15, 0.2) is 6.29 Å². The lowest BCUT2D eigenvalue weighted by atomic mass is 9.99. The largest absolute Gasteiger partial charge is 0.392 e. The second-order valence-corrected chi connectivity index (χ2v) is 9.21. The molecule has 0 saturated carbocycles. The molecule has 3 aromatic rings. The van der Waals surface area contributed by atoms with Crippen LogP contribution >= 0.6 is 0 Å². The molecular formula is C29H32N2O5. The van der Waals surface area contributed by atoms with Gasteiger partial charge in [0.05, 0.1) is 32.0 Å². The summed E-state index contributed by atoms with van der Waals surface area (Å²) in [6, 6.07) is 24.7. The van der Waals surface area contributed by atoms with Crippen molar-refractivity contribution in [3.05, 3.63) is 101 Å². The molecule has 0 spiro atoms. The number of amides is 1. The number of aliphatic hydroxyl groups excluding tert-OH is 1. The zero-order chi connectivity index (χ0) is 24.7. The zero-order valence-corrected chi connectivity index (χ0v) is 20.2. The lowest BCUT2D eigenvalue weighted by Crippen LogP contribution is -2.44. The Labute approximate surface area is 211 Å². The molecule has 1 amide bonds. The topological polar surface area (TPSA) is 80.3 Å². The van der Waals surface area contributed by atoms with E-state index < -0.39 is 6.29 Å². The fourth-order valence-corrected chi connectivity index (χ4v) is 4.62. The molecule has 0 radical (unpaired) electrons. The maximum absolute atomic E-state index is 12.5. The molecule has 3 aromatic carbocycles. The van der Waals surface area contributed by atoms with Crippen LogP contribution in [0.25, 0.3) is 0 Å². The number of ether oxygens (including phenoxy) is 3. The number of benzene rings is 3. The molecule has 7 heteroatoms. The third-order valence-corrected chi connectivity index (χ3v) is 6.66. The minimum absolute atomic E-state index is 0.00169. The van der Waals surface area contributed by atoms with Crippen LogP contribution in [0.1, 0.15) is 45.9 Å². The minimum atomic E-state index is -0.522. The van der Waals surface area contributed by atoms with E-state index in [9.17, 15) is 9.90 Å². The van der Waals surface area contributed by atoms with Crippen molar-refractivity contribution in [2.45, 2.75) is 31.5 Å². The molecule has 2 saturated heterocycles. The van der Waals surface area contributed by atoms with Gasteiger partial charge < -0.3 is 24.6 Å². The van der Waals surface area contributed by atoms with Gasteiger partial charge in [-0.25, -0.2) is 0 Å². The third-order valence-electron chi connectivity index (χ3n) is 6.66. The molecule has 5 rings (SSSR count). The van der Waals surface area contributed by atoms with E-state index in [1.165, 1.54) is 0 Å². The number of nitrogens with zero attached hydrogens (tertiary/aromatic N) is 1. The molecule has 36 heavy (non-hydrogen) atoms. The molecule has 0 bridgehead atoms. The predicted octanol–water partition coefficient (Wildman–Crippen LogP) is 4.31. The Bertz CT molecular complexity index is 1110. The molecule has 2 fully saturated rings. The van der Waals surface area contributed by atoms with E-state index in [4.69, 9.17) is 14.2 Å². The van der Waals surface area contributed by atoms with Crippen LogP contribution in [-0.2, 0) is 20.8 Å². The number of rotatable bonds is 7. The Balaban J connectivity index is 1.30. The van der Waals surface area contributed by atoms with Crippen LogP contribution in [-0.4, -0.2) is 54.9 Å². The molecule has 188 valence electrons. The number of aliphatic hydroxyl groups is 1. The summed E-state index contributed by atoms with van der Waals surface area (Å²) in [5, 5.41) is 12.3. The highest BCUT2D eigenvalue weighted by Gasteiger charge is 2.33. The van der Waals surface area contributed by atoms with Crippen LogP contribution in [0.15, 0.2) is 78.9 Å². The summed E-state index contributed by atoms with van der Waals surface area (Å²) in [5.74, 6) is -0.148. The quantitative estimate of drug-likeness (QED) is 0.516. The maximum Gasteiger partial charge on any atom is 0.255 e. The molecule has 0 aromatic heterocycles. The number of hydrogen-bond acceptors (Lipinski definition) is 6. The SMILES string of the molecule is O=C(Nc1ccc([C@@H]2O[C@H](CN3CCOCC3)C[C@H](c3ccc(CO)cc3)O2)cc1)c1ccccc1. The van der Waals surface area contributed by atoms with E-state index in [1.807, 2.05) is 66.7 Å². The van der Waals surface area contributed by atoms with Crippen LogP contribution < -0.4 is 5.32 Å². The number of morpholine rings is 1. The molecule has 2 N–H and O–H groups in total. The Kier molecular flexibility index (Phi) is 8.05. The van der Waals surface area contributed by atoms with Crippen molar-refractivity contribution in [2.24, 2.45) is 0 Å². The molecule has 2 aliphatic heterocycles. The zero-order valence-electron chi connectivity index (χ0n) is 20.2. The smallest absolute Gasteiger partial charge is 0.255 e. The summed E-state index contributed by atoms with van der Waals surface area (Å²) in [7, 11) is 0. The van der Waals surface area contributed by atoms with Gasteiger partial charge in [-0.1, -0.05) is 54.6 Å². The summed E-state index contributed by atoms with van der Waals surface area (Å²) < 4.78 is 18.4. The lowest BCUT2D eigenvalue weighted by Gasteiger charge is -2.39. The van der Waals surface area contributed by atoms with Crippen LogP contribution in [0.3, 0.4) is 0 Å². The van der Waals surface area contributed by atoms with Gasteiger partial charge in [-0.15, -0.1) is 0 Å². The minimum Gasteiger partial charge on any atom is -0.392 e. The number of hydrogen-bond donors (Lipinski definition) is 2. The van der Waals surface area contributed by atoms with Crippen molar-refractivity contribution in [2.75, 3.05) is 38.2 Å². The van der Waals surface area contributed by atoms with Gasteiger partial charge in [-0.2, -0.15) is 0 Å². The van der Waals surface area contributed by atoms with E-state index in [1.54, 1.807) is 12.1 Å². The van der Waals surface area contributed by atoms with E-state index >= 15 is 0 Å². The Morgan fingerprint density at radius 2 is 1.58 bits per heavy atom. The summed E-state index contributed by atoms with van der Waals surface area (Å²) in [6.07, 6.45) is 0.102. The monoisotopic (exact) mass is 488 g/mol. The summed E-state index contributed by atoms with van der Waals surface area (Å²) in [4.78, 5) is 14.9. The Hall–Kier alpha value is -3.07. The van der Waals surface area contributed by atoms with E-state index in [2.05, 4.69) is 10.2 Å². The van der Waals surface area contributed by atoms with Crippen molar-refractivity contribution in [1.29, 1.82) is 0 Å². The molecule has 0 aliphatic carbocycles. The Morgan fingerprint density at radius 3 is 2.28 bits per heavy atom. The number of carbonyl (C=O) groups is 1. The lowest BCUT2D eigenvalue weighted by molar-refractivity contribution is -0.253. The van der Waals surface area contributed by atoms with Gasteiger partial charge in [-0.05, 0) is 35.4 Å². The second-order valence-electron chi connectivity index (χ2n) is 9.21. The molecule has 7 nitrogen and oxygen atoms in total. The standard InChI is InChI=1S/C29H32N2O5/c32-20-21-6-8-22(9-7-21)27-18-26(19-31-14-16-34-17-15-31)35-29(36-27)24-10-12-25(13-11-24)30-28(33)23-4-2-1-3-5-23/h1-13,26-27,29,32H,14-20H2,(H,30,33)/t26-,27+,29+/m0/s1. The van der Waals surface area contributed by atoms with E-state index in [0.29, 0.717) is 11.3 Å². The first-order chi connectivity index (χ1) is 17.7. The van der Waals surface area contributed by atoms with Crippen molar-refractivity contribution in [3.63, 3.8) is 0 Å². The highest BCUT2D eigenvalue weighted by atomic mass is 16.7. The van der Waals surface area contributed by atoms with E-state index in [-0.39, 0.29) is 24.7 Å². The van der Waals surface area contributed by atoms with Crippen LogP contribution in [0, 0.1) is 0 Å². The first kappa shape index (κ1) is 24.6. The summed E-state index contributed by atoms with van der Waals surface area (Å²) in [5.41, 5.74) is 4.17. The van der Waals surface area contributed by atoms with Crippen molar-refractivity contribution in [3.8, 4) is 0 Å². The molecule has 0 unspecified atom stereocenters.